The monoisotopic (exact) mass is 310 g/mol. The van der Waals surface area contributed by atoms with Crippen molar-refractivity contribution in [3.05, 3.63) is 29.3 Å². The fraction of sp³-hybridized carbons (Fsp3) is 0.684. The number of hydrogen-bond donors (Lipinski definition) is 1. The van der Waals surface area contributed by atoms with Crippen LogP contribution < -0.4 is 0 Å². The normalized spacial score (nSPS) is 23.5. The molecule has 0 radical (unpaired) electrons. The van der Waals surface area contributed by atoms with Crippen molar-refractivity contribution in [2.24, 2.45) is 11.8 Å². The van der Waals surface area contributed by atoms with E-state index in [9.17, 15) is 13.9 Å². The zero-order chi connectivity index (χ0) is 16.1. The summed E-state index contributed by atoms with van der Waals surface area (Å²) in [5.41, 5.74) is 0.407. The molecule has 1 aromatic carbocycles. The fourth-order valence-corrected chi connectivity index (χ4v) is 3.82. The summed E-state index contributed by atoms with van der Waals surface area (Å²) in [7, 11) is 0. The fourth-order valence-electron chi connectivity index (χ4n) is 3.82. The molecule has 0 amide bonds. The van der Waals surface area contributed by atoms with E-state index in [1.54, 1.807) is 0 Å². The largest absolute Gasteiger partial charge is 0.505 e. The molecule has 1 N–H and O–H groups in total. The molecule has 0 spiro atoms. The van der Waals surface area contributed by atoms with Gasteiger partial charge in [-0.25, -0.2) is 4.39 Å². The van der Waals surface area contributed by atoms with Gasteiger partial charge in [-0.1, -0.05) is 58.4 Å². The highest BCUT2D eigenvalue weighted by molar-refractivity contribution is 5.32. The third-order valence-electron chi connectivity index (χ3n) is 5.40. The topological polar surface area (TPSA) is 20.2 Å². The Bertz CT molecular complexity index is 479. The Balaban J connectivity index is 1.92. The van der Waals surface area contributed by atoms with E-state index in [0.717, 1.165) is 18.8 Å². The molecule has 1 aromatic rings. The zero-order valence-electron chi connectivity index (χ0n) is 13.7. The number of unbranched alkanes of at least 4 members (excludes halogenated alkanes) is 2. The van der Waals surface area contributed by atoms with Crippen molar-refractivity contribution in [3.8, 4) is 5.75 Å². The van der Waals surface area contributed by atoms with E-state index in [0.29, 0.717) is 11.5 Å². The van der Waals surface area contributed by atoms with Gasteiger partial charge >= 0.3 is 0 Å². The van der Waals surface area contributed by atoms with Crippen molar-refractivity contribution in [1.29, 1.82) is 0 Å². The minimum absolute atomic E-state index is 0.00620. The molecule has 1 nitrogen and oxygen atoms in total. The Morgan fingerprint density at radius 2 is 1.77 bits per heavy atom. The number of benzene rings is 1. The lowest BCUT2D eigenvalue weighted by atomic mass is 9.73. The van der Waals surface area contributed by atoms with E-state index in [4.69, 9.17) is 0 Å². The van der Waals surface area contributed by atoms with Crippen LogP contribution in [0.15, 0.2) is 12.1 Å². The van der Waals surface area contributed by atoms with Crippen LogP contribution in [-0.4, -0.2) is 5.11 Å². The molecule has 124 valence electrons. The predicted molar refractivity (Wildman–Crippen MR) is 86.0 cm³/mol. The van der Waals surface area contributed by atoms with Crippen LogP contribution in [0.5, 0.6) is 5.75 Å². The van der Waals surface area contributed by atoms with Gasteiger partial charge in [0.15, 0.2) is 11.6 Å². The van der Waals surface area contributed by atoms with Gasteiger partial charge in [0, 0.05) is 0 Å². The van der Waals surface area contributed by atoms with Gasteiger partial charge in [-0.2, -0.15) is 4.39 Å². The smallest absolute Gasteiger partial charge is 0.200 e. The van der Waals surface area contributed by atoms with Crippen molar-refractivity contribution in [3.63, 3.8) is 0 Å². The lowest BCUT2D eigenvalue weighted by molar-refractivity contribution is 0.233. The summed E-state index contributed by atoms with van der Waals surface area (Å²) in [6, 6.07) is 2.80. The van der Waals surface area contributed by atoms with Gasteiger partial charge in [-0.15, -0.1) is 0 Å². The quantitative estimate of drug-likeness (QED) is 0.624. The first-order valence-electron chi connectivity index (χ1n) is 8.71. The SMILES string of the molecule is CCCCCC1CCC(C(C)c2ccc(O)c(F)c2F)CC1. The van der Waals surface area contributed by atoms with E-state index < -0.39 is 17.4 Å². The maximum atomic E-state index is 14.0. The average molecular weight is 310 g/mol. The molecule has 0 aromatic heterocycles. The van der Waals surface area contributed by atoms with E-state index >= 15 is 0 Å². The Kier molecular flexibility index (Phi) is 6.22. The Hall–Kier alpha value is -1.12. The first kappa shape index (κ1) is 17.2. The summed E-state index contributed by atoms with van der Waals surface area (Å²) in [4.78, 5) is 0. The highest BCUT2D eigenvalue weighted by Gasteiger charge is 2.28. The summed E-state index contributed by atoms with van der Waals surface area (Å²) in [5.74, 6) is -1.35. The second-order valence-corrected chi connectivity index (χ2v) is 6.87. The molecule has 1 unspecified atom stereocenters. The van der Waals surface area contributed by atoms with Crippen molar-refractivity contribution in [1.82, 2.24) is 0 Å². The van der Waals surface area contributed by atoms with Crippen molar-refractivity contribution < 1.29 is 13.9 Å². The van der Waals surface area contributed by atoms with Gasteiger partial charge in [-0.05, 0) is 42.2 Å². The van der Waals surface area contributed by atoms with E-state index in [1.807, 2.05) is 6.92 Å². The molecule has 1 atom stereocenters. The number of phenolic OH excluding ortho intramolecular Hbond substituents is 1. The summed E-state index contributed by atoms with van der Waals surface area (Å²) in [6.07, 6.45) is 9.82. The van der Waals surface area contributed by atoms with Crippen LogP contribution in [0.2, 0.25) is 0 Å². The molecule has 1 saturated carbocycles. The number of halogens is 2. The van der Waals surface area contributed by atoms with Gasteiger partial charge in [0.05, 0.1) is 0 Å². The van der Waals surface area contributed by atoms with Gasteiger partial charge in [0.1, 0.15) is 0 Å². The Morgan fingerprint density at radius 3 is 2.41 bits per heavy atom. The Morgan fingerprint density at radius 1 is 1.09 bits per heavy atom. The summed E-state index contributed by atoms with van der Waals surface area (Å²) in [5, 5.41) is 9.24. The van der Waals surface area contributed by atoms with Gasteiger partial charge < -0.3 is 5.11 Å². The summed E-state index contributed by atoms with van der Waals surface area (Å²) >= 11 is 0. The zero-order valence-corrected chi connectivity index (χ0v) is 13.7. The van der Waals surface area contributed by atoms with Crippen LogP contribution >= 0.6 is 0 Å². The molecule has 3 heteroatoms. The highest BCUT2D eigenvalue weighted by atomic mass is 19.2. The lowest BCUT2D eigenvalue weighted by Gasteiger charge is -2.32. The van der Waals surface area contributed by atoms with Crippen LogP contribution in [0.25, 0.3) is 0 Å². The predicted octanol–water partition coefficient (Wildman–Crippen LogP) is 6.16. The van der Waals surface area contributed by atoms with Crippen molar-refractivity contribution in [2.75, 3.05) is 0 Å². The first-order valence-corrected chi connectivity index (χ1v) is 8.71. The number of aromatic hydroxyl groups is 1. The summed E-state index contributed by atoms with van der Waals surface area (Å²) in [6.45, 7) is 4.21. The molecule has 2 rings (SSSR count). The van der Waals surface area contributed by atoms with Crippen molar-refractivity contribution in [2.45, 2.75) is 71.1 Å². The van der Waals surface area contributed by atoms with E-state index in [2.05, 4.69) is 6.92 Å². The maximum absolute atomic E-state index is 14.0. The summed E-state index contributed by atoms with van der Waals surface area (Å²) < 4.78 is 27.5. The molecule has 0 saturated heterocycles. The third kappa shape index (κ3) is 3.99. The minimum Gasteiger partial charge on any atom is -0.505 e. The molecule has 0 bridgehead atoms. The third-order valence-corrected chi connectivity index (χ3v) is 5.40. The van der Waals surface area contributed by atoms with Crippen LogP contribution in [0.1, 0.15) is 76.7 Å². The van der Waals surface area contributed by atoms with Crippen molar-refractivity contribution >= 4 is 0 Å². The van der Waals surface area contributed by atoms with E-state index in [1.165, 1.54) is 50.7 Å². The van der Waals surface area contributed by atoms with Gasteiger partial charge in [0.2, 0.25) is 5.82 Å². The number of rotatable bonds is 6. The molecule has 0 heterocycles. The van der Waals surface area contributed by atoms with Crippen LogP contribution in [0.3, 0.4) is 0 Å². The highest BCUT2D eigenvalue weighted by Crippen LogP contribution is 2.41. The Labute approximate surface area is 132 Å². The first-order chi connectivity index (χ1) is 10.5. The molecule has 1 aliphatic carbocycles. The molecule has 22 heavy (non-hydrogen) atoms. The lowest BCUT2D eigenvalue weighted by Crippen LogP contribution is -2.20. The second kappa shape index (κ2) is 7.94. The van der Waals surface area contributed by atoms with Crippen LogP contribution in [0, 0.1) is 23.5 Å². The molecular weight excluding hydrogens is 282 g/mol. The molecular formula is C19H28F2O. The molecule has 1 aliphatic rings. The van der Waals surface area contributed by atoms with E-state index in [-0.39, 0.29) is 5.92 Å². The number of hydrogen-bond acceptors (Lipinski definition) is 1. The van der Waals surface area contributed by atoms with Gasteiger partial charge in [-0.3, -0.25) is 0 Å². The number of phenols is 1. The second-order valence-electron chi connectivity index (χ2n) is 6.87. The molecule has 0 aliphatic heterocycles. The average Bonchev–Trinajstić information content (AvgIpc) is 2.53. The van der Waals surface area contributed by atoms with Crippen LogP contribution in [0.4, 0.5) is 8.78 Å². The maximum Gasteiger partial charge on any atom is 0.200 e. The van der Waals surface area contributed by atoms with Gasteiger partial charge in [0.25, 0.3) is 0 Å². The minimum atomic E-state index is -1.11. The standard InChI is InChI=1S/C19H28F2O/c1-3-4-5-6-14-7-9-15(10-8-14)13(2)16-11-12-17(22)19(21)18(16)20/h11-15,22H,3-10H2,1-2H3. The van der Waals surface area contributed by atoms with Crippen LogP contribution in [-0.2, 0) is 0 Å². The molecule has 1 fully saturated rings.